The van der Waals surface area contributed by atoms with E-state index in [1.807, 2.05) is 18.2 Å². The van der Waals surface area contributed by atoms with E-state index in [1.165, 1.54) is 0 Å². The molecule has 4 nitrogen and oxygen atoms in total. The molecule has 0 amide bonds. The predicted molar refractivity (Wildman–Crippen MR) is 89.2 cm³/mol. The maximum Gasteiger partial charge on any atom is 0.126 e. The van der Waals surface area contributed by atoms with Gasteiger partial charge in [-0.2, -0.15) is 0 Å². The molecule has 0 aliphatic heterocycles. The molecule has 5 heteroatoms. The number of thiocarbonyl (C=S) groups is 1. The van der Waals surface area contributed by atoms with Crippen LogP contribution in [0.1, 0.15) is 11.1 Å². The summed E-state index contributed by atoms with van der Waals surface area (Å²) in [5, 5.41) is 4.41. The van der Waals surface area contributed by atoms with Crippen LogP contribution in [0.15, 0.2) is 54.9 Å². The van der Waals surface area contributed by atoms with Crippen LogP contribution in [0.2, 0.25) is 0 Å². The van der Waals surface area contributed by atoms with E-state index >= 15 is 0 Å². The van der Waals surface area contributed by atoms with Crippen molar-refractivity contribution in [2.75, 3.05) is 5.32 Å². The van der Waals surface area contributed by atoms with Crippen LogP contribution >= 0.6 is 12.2 Å². The highest BCUT2D eigenvalue weighted by molar-refractivity contribution is 7.80. The van der Waals surface area contributed by atoms with Gasteiger partial charge < -0.3 is 11.1 Å². The highest BCUT2D eigenvalue weighted by Gasteiger charge is 2.03. The van der Waals surface area contributed by atoms with E-state index in [4.69, 9.17) is 18.0 Å². The van der Waals surface area contributed by atoms with Crippen LogP contribution in [-0.4, -0.2) is 15.0 Å². The molecule has 0 aliphatic rings. The maximum atomic E-state index is 5.63. The summed E-state index contributed by atoms with van der Waals surface area (Å²) in [4.78, 5) is 9.08. The molecule has 21 heavy (non-hydrogen) atoms. The Morgan fingerprint density at radius 2 is 1.95 bits per heavy atom. The summed E-state index contributed by atoms with van der Waals surface area (Å²) in [6.07, 6.45) is 3.50. The van der Waals surface area contributed by atoms with Gasteiger partial charge in [-0.1, -0.05) is 36.5 Å². The zero-order chi connectivity index (χ0) is 14.7. The molecule has 3 N–H and O–H groups in total. The minimum atomic E-state index is 0.368. The smallest absolute Gasteiger partial charge is 0.126 e. The molecule has 3 aromatic rings. The number of rotatable bonds is 4. The highest BCUT2D eigenvalue weighted by atomic mass is 32.1. The summed E-state index contributed by atoms with van der Waals surface area (Å²) in [6, 6.07) is 13.8. The number of nitrogens with one attached hydrogen (secondary N) is 1. The van der Waals surface area contributed by atoms with Crippen molar-refractivity contribution in [1.29, 1.82) is 0 Å². The topological polar surface area (TPSA) is 63.8 Å². The fourth-order valence-corrected chi connectivity index (χ4v) is 2.30. The molecule has 3 rings (SSSR count). The summed E-state index contributed by atoms with van der Waals surface area (Å²) in [5.74, 6) is 0.744. The lowest BCUT2D eigenvalue weighted by molar-refractivity contribution is 1.11. The van der Waals surface area contributed by atoms with Gasteiger partial charge in [0.05, 0.1) is 5.52 Å². The lowest BCUT2D eigenvalue weighted by atomic mass is 10.1. The second-order valence-corrected chi connectivity index (χ2v) is 5.08. The van der Waals surface area contributed by atoms with Crippen molar-refractivity contribution in [3.63, 3.8) is 0 Å². The minimum Gasteiger partial charge on any atom is -0.389 e. The Morgan fingerprint density at radius 3 is 2.81 bits per heavy atom. The van der Waals surface area contributed by atoms with E-state index in [0.29, 0.717) is 11.5 Å². The Hall–Kier alpha value is -2.53. The molecule has 0 atom stereocenters. The minimum absolute atomic E-state index is 0.368. The zero-order valence-electron chi connectivity index (χ0n) is 11.3. The van der Waals surface area contributed by atoms with Crippen LogP contribution in [0.3, 0.4) is 0 Å². The van der Waals surface area contributed by atoms with Crippen molar-refractivity contribution in [2.45, 2.75) is 6.54 Å². The van der Waals surface area contributed by atoms with Crippen LogP contribution < -0.4 is 11.1 Å². The van der Waals surface area contributed by atoms with E-state index in [0.717, 1.165) is 27.8 Å². The number of pyridine rings is 2. The average Bonchev–Trinajstić information content (AvgIpc) is 2.53. The van der Waals surface area contributed by atoms with Crippen molar-refractivity contribution in [3.05, 3.63) is 66.0 Å². The summed E-state index contributed by atoms with van der Waals surface area (Å²) < 4.78 is 0. The van der Waals surface area contributed by atoms with Crippen LogP contribution in [-0.2, 0) is 6.54 Å². The molecule has 0 saturated carbocycles. The number of nitrogens with zero attached hydrogens (tertiary/aromatic N) is 2. The van der Waals surface area contributed by atoms with Gasteiger partial charge in [0.15, 0.2) is 0 Å². The van der Waals surface area contributed by atoms with E-state index in [9.17, 15) is 0 Å². The molecule has 0 saturated heterocycles. The molecule has 2 aromatic heterocycles. The lowest BCUT2D eigenvalue weighted by Crippen LogP contribution is -2.10. The quantitative estimate of drug-likeness (QED) is 0.724. The standard InChI is InChI=1S/C16H14N4S/c17-16(21)12-6-8-18-14(9-12)20-10-13-4-1-3-11-5-2-7-19-15(11)13/h1-9H,10H2,(H2,17,21)(H,18,20). The van der Waals surface area contributed by atoms with Gasteiger partial charge in [-0.25, -0.2) is 4.98 Å². The summed E-state index contributed by atoms with van der Waals surface area (Å²) in [7, 11) is 0. The number of para-hydroxylation sites is 1. The van der Waals surface area contributed by atoms with Gasteiger partial charge in [-0.15, -0.1) is 0 Å². The molecule has 0 aliphatic carbocycles. The number of benzene rings is 1. The predicted octanol–water partition coefficient (Wildman–Crippen LogP) is 2.88. The van der Waals surface area contributed by atoms with Crippen LogP contribution in [0.5, 0.6) is 0 Å². The molecule has 0 fully saturated rings. The number of fused-ring (bicyclic) bond motifs is 1. The largest absolute Gasteiger partial charge is 0.389 e. The lowest BCUT2D eigenvalue weighted by Gasteiger charge is -2.09. The summed E-state index contributed by atoms with van der Waals surface area (Å²) in [5.41, 5.74) is 8.55. The number of anilines is 1. The average molecular weight is 294 g/mol. The first-order valence-electron chi connectivity index (χ1n) is 6.56. The van der Waals surface area contributed by atoms with Crippen LogP contribution in [0.4, 0.5) is 5.82 Å². The molecular weight excluding hydrogens is 280 g/mol. The van der Waals surface area contributed by atoms with E-state index in [2.05, 4.69) is 33.5 Å². The van der Waals surface area contributed by atoms with Crippen molar-refractivity contribution in [2.24, 2.45) is 5.73 Å². The molecule has 1 aromatic carbocycles. The number of hydrogen-bond acceptors (Lipinski definition) is 4. The third kappa shape index (κ3) is 2.98. The molecular formula is C16H14N4S. The van der Waals surface area contributed by atoms with E-state index in [1.54, 1.807) is 18.5 Å². The van der Waals surface area contributed by atoms with Crippen molar-refractivity contribution in [3.8, 4) is 0 Å². The monoisotopic (exact) mass is 294 g/mol. The molecule has 0 unspecified atom stereocenters. The number of nitrogens with two attached hydrogens (primary N) is 1. The van der Waals surface area contributed by atoms with Crippen LogP contribution in [0.25, 0.3) is 10.9 Å². The van der Waals surface area contributed by atoms with Gasteiger partial charge in [0.1, 0.15) is 10.8 Å². The van der Waals surface area contributed by atoms with Gasteiger partial charge in [0, 0.05) is 29.9 Å². The first-order valence-corrected chi connectivity index (χ1v) is 6.97. The van der Waals surface area contributed by atoms with Crippen molar-refractivity contribution in [1.82, 2.24) is 9.97 Å². The Morgan fingerprint density at radius 1 is 1.10 bits per heavy atom. The Balaban J connectivity index is 1.84. The summed E-state index contributed by atoms with van der Waals surface area (Å²) in [6.45, 7) is 0.641. The number of hydrogen-bond donors (Lipinski definition) is 2. The van der Waals surface area contributed by atoms with Gasteiger partial charge in [0.25, 0.3) is 0 Å². The maximum absolute atomic E-state index is 5.63. The normalized spacial score (nSPS) is 10.5. The van der Waals surface area contributed by atoms with Gasteiger partial charge in [0.2, 0.25) is 0 Å². The third-order valence-corrected chi connectivity index (χ3v) is 3.46. The van der Waals surface area contributed by atoms with Crippen molar-refractivity contribution < 1.29 is 0 Å². The fourth-order valence-electron chi connectivity index (χ4n) is 2.18. The Bertz CT molecular complexity index is 796. The SMILES string of the molecule is NC(=S)c1ccnc(NCc2cccc3cccnc23)c1. The van der Waals surface area contributed by atoms with Gasteiger partial charge in [-0.3, -0.25) is 4.98 Å². The van der Waals surface area contributed by atoms with Crippen molar-refractivity contribution >= 4 is 33.9 Å². The fraction of sp³-hybridized carbons (Fsp3) is 0.0625. The highest BCUT2D eigenvalue weighted by Crippen LogP contribution is 2.17. The Labute approximate surface area is 128 Å². The van der Waals surface area contributed by atoms with Crippen LogP contribution in [0, 0.1) is 0 Å². The third-order valence-electron chi connectivity index (χ3n) is 3.22. The Kier molecular flexibility index (Phi) is 3.75. The molecule has 0 bridgehead atoms. The molecule has 0 spiro atoms. The first kappa shape index (κ1) is 13.5. The molecule has 104 valence electrons. The van der Waals surface area contributed by atoms with E-state index < -0.39 is 0 Å². The molecule has 2 heterocycles. The zero-order valence-corrected chi connectivity index (χ0v) is 12.1. The van der Waals surface area contributed by atoms with Gasteiger partial charge in [-0.05, 0) is 23.8 Å². The molecule has 0 radical (unpaired) electrons. The second-order valence-electron chi connectivity index (χ2n) is 4.64. The van der Waals surface area contributed by atoms with E-state index in [-0.39, 0.29) is 0 Å². The number of aromatic nitrogens is 2. The summed E-state index contributed by atoms with van der Waals surface area (Å²) >= 11 is 4.97. The first-order chi connectivity index (χ1) is 10.2. The van der Waals surface area contributed by atoms with Gasteiger partial charge >= 0.3 is 0 Å². The second kappa shape index (κ2) is 5.85.